The largest absolute Gasteiger partial charge is 0.464 e. The summed E-state index contributed by atoms with van der Waals surface area (Å²) in [6.07, 6.45) is 15.7. The van der Waals surface area contributed by atoms with Crippen molar-refractivity contribution >= 4 is 18.2 Å². The molecule has 0 fully saturated rings. The van der Waals surface area contributed by atoms with E-state index in [9.17, 15) is 0 Å². The van der Waals surface area contributed by atoms with Crippen molar-refractivity contribution in [2.45, 2.75) is 25.3 Å². The first kappa shape index (κ1) is 18.7. The zero-order chi connectivity index (χ0) is 20.3. The number of benzene rings is 3. The summed E-state index contributed by atoms with van der Waals surface area (Å²) < 4.78 is 5.31. The molecule has 1 atom stereocenters. The van der Waals surface area contributed by atoms with Gasteiger partial charge < -0.3 is 10.5 Å². The number of allylic oxidation sites excluding steroid dienone is 2. The zero-order valence-corrected chi connectivity index (χ0v) is 16.9. The highest BCUT2D eigenvalue weighted by Crippen LogP contribution is 2.23. The molecular weight excluding hydrogens is 366 g/mol. The van der Waals surface area contributed by atoms with E-state index < -0.39 is 0 Å². The van der Waals surface area contributed by atoms with Crippen molar-refractivity contribution in [2.75, 3.05) is 0 Å². The average molecular weight is 392 g/mol. The van der Waals surface area contributed by atoms with E-state index in [1.54, 1.807) is 6.26 Å². The summed E-state index contributed by atoms with van der Waals surface area (Å²) in [6, 6.07) is 21.0. The molecule has 0 spiro atoms. The van der Waals surface area contributed by atoms with Crippen LogP contribution in [-0.4, -0.2) is 0 Å². The monoisotopic (exact) mass is 391 g/mol. The van der Waals surface area contributed by atoms with Gasteiger partial charge in [0.05, 0.1) is 6.26 Å². The fourth-order valence-corrected chi connectivity index (χ4v) is 4.51. The van der Waals surface area contributed by atoms with E-state index in [-0.39, 0.29) is 6.04 Å². The molecule has 2 heteroatoms. The van der Waals surface area contributed by atoms with E-state index in [1.807, 2.05) is 42.5 Å². The number of nitrogens with two attached hydrogens (primary N) is 1. The Labute approximate surface area is 176 Å². The lowest BCUT2D eigenvalue weighted by molar-refractivity contribution is 0.481. The quantitative estimate of drug-likeness (QED) is 0.613. The van der Waals surface area contributed by atoms with Crippen LogP contribution in [0.2, 0.25) is 0 Å². The molecule has 148 valence electrons. The standard InChI is InChI=1S/C18H17N.C10H8O/c19-17-11-13-6-2-3-7-14(13)16-10-9-12-5-1-4-8-15(12)18(16)17;1-2-7-10-9(5-1)6-3-4-8-11-10/h2-3,5-7,9-11,17H,1,4,8,19H2;1-8H. The van der Waals surface area contributed by atoms with Gasteiger partial charge in [-0.3, -0.25) is 0 Å². The maximum absolute atomic E-state index is 6.42. The first-order valence-corrected chi connectivity index (χ1v) is 10.6. The third-order valence-electron chi connectivity index (χ3n) is 5.91. The summed E-state index contributed by atoms with van der Waals surface area (Å²) in [4.78, 5) is 0. The van der Waals surface area contributed by atoms with Crippen molar-refractivity contribution in [1.82, 2.24) is 0 Å². The molecule has 1 heterocycles. The highest BCUT2D eigenvalue weighted by atomic mass is 16.5. The molecule has 3 aromatic rings. The van der Waals surface area contributed by atoms with Crippen molar-refractivity contribution in [3.8, 4) is 5.75 Å². The van der Waals surface area contributed by atoms with Crippen LogP contribution in [0.4, 0.5) is 0 Å². The van der Waals surface area contributed by atoms with E-state index in [4.69, 9.17) is 10.5 Å². The van der Waals surface area contributed by atoms with Crippen LogP contribution in [0.25, 0.3) is 18.2 Å². The third kappa shape index (κ3) is 3.51. The minimum atomic E-state index is 0.0337. The molecule has 3 aliphatic rings. The van der Waals surface area contributed by atoms with Crippen LogP contribution in [0, 0.1) is 10.4 Å². The number of rotatable bonds is 0. The minimum absolute atomic E-state index is 0.0337. The molecular formula is C28H25NO. The van der Waals surface area contributed by atoms with Gasteiger partial charge in [0.2, 0.25) is 0 Å². The first-order valence-electron chi connectivity index (χ1n) is 10.6. The summed E-state index contributed by atoms with van der Waals surface area (Å²) in [5.41, 5.74) is 10.4. The Kier molecular flexibility index (Phi) is 5.08. The van der Waals surface area contributed by atoms with Gasteiger partial charge in [-0.1, -0.05) is 78.9 Å². The van der Waals surface area contributed by atoms with E-state index >= 15 is 0 Å². The van der Waals surface area contributed by atoms with Crippen LogP contribution in [-0.2, 0) is 6.42 Å². The van der Waals surface area contributed by atoms with Crippen molar-refractivity contribution in [3.05, 3.63) is 117 Å². The fourth-order valence-electron chi connectivity index (χ4n) is 4.51. The lowest BCUT2D eigenvalue weighted by atomic mass is 9.87. The van der Waals surface area contributed by atoms with Gasteiger partial charge in [0.25, 0.3) is 0 Å². The molecule has 2 aliphatic carbocycles. The molecule has 0 amide bonds. The van der Waals surface area contributed by atoms with Crippen LogP contribution in [0.15, 0.2) is 79.1 Å². The lowest BCUT2D eigenvalue weighted by Crippen LogP contribution is -2.25. The maximum atomic E-state index is 6.42. The van der Waals surface area contributed by atoms with Crippen LogP contribution in [0.5, 0.6) is 5.75 Å². The maximum Gasteiger partial charge on any atom is 0.133 e. The SMILES string of the molecule is C1=COc2ccccc2C=C1.NC1C=c2ccccc2=c2ccc3c(c21)CCCC=3. The number of ether oxygens (including phenoxy) is 1. The molecule has 3 aromatic carbocycles. The number of hydrogen-bond donors (Lipinski definition) is 1. The molecule has 0 bridgehead atoms. The lowest BCUT2D eigenvalue weighted by Gasteiger charge is -2.20. The van der Waals surface area contributed by atoms with Crippen LogP contribution < -0.4 is 20.9 Å². The van der Waals surface area contributed by atoms with Crippen molar-refractivity contribution in [2.24, 2.45) is 5.73 Å². The molecule has 30 heavy (non-hydrogen) atoms. The smallest absolute Gasteiger partial charge is 0.133 e. The van der Waals surface area contributed by atoms with Gasteiger partial charge in [-0.2, -0.15) is 0 Å². The van der Waals surface area contributed by atoms with Gasteiger partial charge in [0, 0.05) is 11.6 Å². The molecule has 0 aromatic heterocycles. The van der Waals surface area contributed by atoms with E-state index in [1.165, 1.54) is 51.3 Å². The Bertz CT molecular complexity index is 1360. The number of hydrogen-bond acceptors (Lipinski definition) is 2. The minimum Gasteiger partial charge on any atom is -0.464 e. The van der Waals surface area contributed by atoms with E-state index in [0.717, 1.165) is 11.3 Å². The Morgan fingerprint density at radius 2 is 1.70 bits per heavy atom. The second-order valence-electron chi connectivity index (χ2n) is 7.81. The molecule has 2 N–H and O–H groups in total. The van der Waals surface area contributed by atoms with E-state index in [2.05, 4.69) is 48.6 Å². The third-order valence-corrected chi connectivity index (χ3v) is 5.91. The summed E-state index contributed by atoms with van der Waals surface area (Å²) >= 11 is 0. The normalized spacial score (nSPS) is 17.3. The van der Waals surface area contributed by atoms with Gasteiger partial charge in [0.15, 0.2) is 0 Å². The van der Waals surface area contributed by atoms with Gasteiger partial charge >= 0.3 is 0 Å². The van der Waals surface area contributed by atoms with Gasteiger partial charge in [-0.05, 0) is 63.4 Å². The summed E-state index contributed by atoms with van der Waals surface area (Å²) in [5.74, 6) is 0.914. The van der Waals surface area contributed by atoms with Gasteiger partial charge in [-0.25, -0.2) is 0 Å². The van der Waals surface area contributed by atoms with Crippen molar-refractivity contribution in [3.63, 3.8) is 0 Å². The molecule has 0 saturated carbocycles. The zero-order valence-electron chi connectivity index (χ0n) is 16.9. The Morgan fingerprint density at radius 1 is 0.833 bits per heavy atom. The Balaban J connectivity index is 0.000000149. The van der Waals surface area contributed by atoms with Gasteiger partial charge in [0.1, 0.15) is 5.75 Å². The summed E-state index contributed by atoms with van der Waals surface area (Å²) in [7, 11) is 0. The van der Waals surface area contributed by atoms with Gasteiger partial charge in [-0.15, -0.1) is 0 Å². The van der Waals surface area contributed by atoms with Crippen molar-refractivity contribution in [1.29, 1.82) is 0 Å². The van der Waals surface area contributed by atoms with Crippen LogP contribution in [0.1, 0.15) is 35.6 Å². The number of para-hydroxylation sites is 1. The summed E-state index contributed by atoms with van der Waals surface area (Å²) in [6.45, 7) is 0. The van der Waals surface area contributed by atoms with Crippen LogP contribution in [0.3, 0.4) is 0 Å². The summed E-state index contributed by atoms with van der Waals surface area (Å²) in [5, 5.41) is 5.32. The molecule has 0 radical (unpaired) electrons. The molecule has 6 rings (SSSR count). The predicted octanol–water partition coefficient (Wildman–Crippen LogP) is 4.49. The van der Waals surface area contributed by atoms with Crippen molar-refractivity contribution < 1.29 is 4.74 Å². The predicted molar refractivity (Wildman–Crippen MR) is 124 cm³/mol. The molecule has 2 nitrogen and oxygen atoms in total. The first-order chi connectivity index (χ1) is 14.8. The van der Waals surface area contributed by atoms with Crippen LogP contribution >= 0.6 is 0 Å². The molecule has 1 unspecified atom stereocenters. The second-order valence-corrected chi connectivity index (χ2v) is 7.81. The fraction of sp³-hybridized carbons (Fsp3) is 0.143. The Hall–Kier alpha value is -3.36. The second kappa shape index (κ2) is 8.17. The highest BCUT2D eigenvalue weighted by molar-refractivity contribution is 5.59. The Morgan fingerprint density at radius 3 is 2.67 bits per heavy atom. The average Bonchev–Trinajstić information content (AvgIpc) is 3.05. The molecule has 0 saturated heterocycles. The highest BCUT2D eigenvalue weighted by Gasteiger charge is 2.16. The topological polar surface area (TPSA) is 35.2 Å². The number of fused-ring (bicyclic) bond motifs is 5. The van der Waals surface area contributed by atoms with E-state index in [0.29, 0.717) is 0 Å². The molecule has 1 aliphatic heterocycles.